The zero-order valence-electron chi connectivity index (χ0n) is 8.73. The first-order valence-corrected chi connectivity index (χ1v) is 4.73. The van der Waals surface area contributed by atoms with Crippen LogP contribution >= 0.6 is 0 Å². The molecule has 0 spiro atoms. The molecule has 0 aliphatic carbocycles. The lowest BCUT2D eigenvalue weighted by Gasteiger charge is -2.08. The molecule has 8 heteroatoms. The van der Waals surface area contributed by atoms with Gasteiger partial charge in [0.2, 0.25) is 0 Å². The minimum absolute atomic E-state index is 0.0639. The maximum absolute atomic E-state index is 12.6. The highest BCUT2D eigenvalue weighted by Gasteiger charge is 2.33. The van der Waals surface area contributed by atoms with Crippen LogP contribution in [0.5, 0.6) is 0 Å². The van der Waals surface area contributed by atoms with Gasteiger partial charge in [0, 0.05) is 17.7 Å². The summed E-state index contributed by atoms with van der Waals surface area (Å²) in [5.74, 6) is 0. The number of non-ortho nitro benzene ring substituents is 1. The zero-order valence-corrected chi connectivity index (χ0v) is 8.73. The van der Waals surface area contributed by atoms with Crippen LogP contribution in [-0.2, 0) is 6.18 Å². The third-order valence-corrected chi connectivity index (χ3v) is 2.27. The summed E-state index contributed by atoms with van der Waals surface area (Å²) >= 11 is 0. The van der Waals surface area contributed by atoms with E-state index in [-0.39, 0.29) is 11.3 Å². The van der Waals surface area contributed by atoms with Crippen LogP contribution in [0, 0.1) is 10.1 Å². The van der Waals surface area contributed by atoms with Crippen molar-refractivity contribution in [2.45, 2.75) is 6.18 Å². The second-order valence-corrected chi connectivity index (χ2v) is 3.49. The molecule has 1 aromatic heterocycles. The van der Waals surface area contributed by atoms with Crippen LogP contribution in [0.2, 0.25) is 0 Å². The molecule has 0 amide bonds. The van der Waals surface area contributed by atoms with Crippen molar-refractivity contribution in [2.75, 3.05) is 0 Å². The number of benzene rings is 1. The number of halogens is 3. The highest BCUT2D eigenvalue weighted by Crippen LogP contribution is 2.34. The van der Waals surface area contributed by atoms with Gasteiger partial charge in [-0.3, -0.25) is 10.1 Å². The third-order valence-electron chi connectivity index (χ3n) is 2.27. The van der Waals surface area contributed by atoms with E-state index in [0.717, 1.165) is 12.1 Å². The van der Waals surface area contributed by atoms with Crippen LogP contribution in [0.15, 0.2) is 30.7 Å². The Labute approximate surface area is 98.4 Å². The molecule has 0 aliphatic rings. The summed E-state index contributed by atoms with van der Waals surface area (Å²) in [5, 5.41) is 10.6. The number of rotatable bonds is 2. The van der Waals surface area contributed by atoms with E-state index in [9.17, 15) is 23.3 Å². The van der Waals surface area contributed by atoms with Gasteiger partial charge in [-0.15, -0.1) is 0 Å². The van der Waals surface area contributed by atoms with Gasteiger partial charge < -0.3 is 4.98 Å². The molecule has 0 aliphatic heterocycles. The van der Waals surface area contributed by atoms with Crippen molar-refractivity contribution >= 4 is 5.69 Å². The van der Waals surface area contributed by atoms with Crippen molar-refractivity contribution in [3.63, 3.8) is 0 Å². The second-order valence-electron chi connectivity index (χ2n) is 3.49. The number of nitrogens with one attached hydrogen (secondary N) is 1. The Morgan fingerprint density at radius 1 is 1.28 bits per heavy atom. The molecule has 1 aromatic carbocycles. The van der Waals surface area contributed by atoms with E-state index in [2.05, 4.69) is 9.97 Å². The quantitative estimate of drug-likeness (QED) is 0.664. The van der Waals surface area contributed by atoms with Gasteiger partial charge in [0.15, 0.2) is 0 Å². The lowest BCUT2D eigenvalue weighted by atomic mass is 10.1. The second kappa shape index (κ2) is 4.13. The number of alkyl halides is 3. The summed E-state index contributed by atoms with van der Waals surface area (Å²) in [7, 11) is 0. The summed E-state index contributed by atoms with van der Waals surface area (Å²) in [4.78, 5) is 16.0. The lowest BCUT2D eigenvalue weighted by molar-refractivity contribution is -0.385. The number of imidazole rings is 1. The normalized spacial score (nSPS) is 11.5. The van der Waals surface area contributed by atoms with E-state index in [1.165, 1.54) is 12.5 Å². The standard InChI is InChI=1S/C10H6F3N3O2/c11-10(12,13)7-1-6(9-4-14-5-15-9)2-8(3-7)16(17)18/h1-5H,(H,14,15). The van der Waals surface area contributed by atoms with Crippen LogP contribution in [0.3, 0.4) is 0 Å². The van der Waals surface area contributed by atoms with Crippen molar-refractivity contribution in [1.82, 2.24) is 9.97 Å². The van der Waals surface area contributed by atoms with Crippen molar-refractivity contribution in [3.8, 4) is 11.3 Å². The van der Waals surface area contributed by atoms with Crippen molar-refractivity contribution in [3.05, 3.63) is 46.4 Å². The third kappa shape index (κ3) is 2.31. The topological polar surface area (TPSA) is 71.8 Å². The lowest BCUT2D eigenvalue weighted by Crippen LogP contribution is -2.06. The van der Waals surface area contributed by atoms with Gasteiger partial charge in [-0.05, 0) is 6.07 Å². The molecule has 0 bridgehead atoms. The molecule has 18 heavy (non-hydrogen) atoms. The Kier molecular flexibility index (Phi) is 2.77. The molecular weight excluding hydrogens is 251 g/mol. The van der Waals surface area contributed by atoms with E-state index in [0.29, 0.717) is 6.07 Å². The number of hydrogen-bond acceptors (Lipinski definition) is 3. The minimum Gasteiger partial charge on any atom is -0.345 e. The van der Waals surface area contributed by atoms with E-state index in [4.69, 9.17) is 0 Å². The van der Waals surface area contributed by atoms with Crippen LogP contribution in [0.4, 0.5) is 18.9 Å². The van der Waals surface area contributed by atoms with Crippen molar-refractivity contribution in [1.29, 1.82) is 0 Å². The molecule has 2 rings (SSSR count). The van der Waals surface area contributed by atoms with Gasteiger partial charge in [0.05, 0.1) is 28.7 Å². The fourth-order valence-corrected chi connectivity index (χ4v) is 1.45. The number of nitro groups is 1. The first-order chi connectivity index (χ1) is 8.38. The van der Waals surface area contributed by atoms with Crippen molar-refractivity contribution in [2.24, 2.45) is 0 Å². The molecule has 2 aromatic rings. The Morgan fingerprint density at radius 3 is 2.50 bits per heavy atom. The van der Waals surface area contributed by atoms with Gasteiger partial charge in [-0.2, -0.15) is 13.2 Å². The van der Waals surface area contributed by atoms with Gasteiger partial charge in [-0.1, -0.05) is 0 Å². The molecule has 0 fully saturated rings. The maximum Gasteiger partial charge on any atom is 0.416 e. The molecule has 0 saturated heterocycles. The molecular formula is C10H6F3N3O2. The first-order valence-electron chi connectivity index (χ1n) is 4.73. The number of nitro benzene ring substituents is 1. The smallest absolute Gasteiger partial charge is 0.345 e. The number of nitrogens with zero attached hydrogens (tertiary/aromatic N) is 2. The monoisotopic (exact) mass is 257 g/mol. The Morgan fingerprint density at radius 2 is 2.00 bits per heavy atom. The summed E-state index contributed by atoms with van der Waals surface area (Å²) in [5.41, 5.74) is -1.34. The number of aromatic nitrogens is 2. The van der Waals surface area contributed by atoms with E-state index >= 15 is 0 Å². The summed E-state index contributed by atoms with van der Waals surface area (Å²) in [6.45, 7) is 0. The molecule has 5 nitrogen and oxygen atoms in total. The fraction of sp³-hybridized carbons (Fsp3) is 0.100. The van der Waals surface area contributed by atoms with Gasteiger partial charge >= 0.3 is 6.18 Å². The first kappa shape index (κ1) is 12.1. The van der Waals surface area contributed by atoms with Crippen LogP contribution in [-0.4, -0.2) is 14.9 Å². The SMILES string of the molecule is O=[N+]([O-])c1cc(-c2cnc[nH]2)cc(C(F)(F)F)c1. The average Bonchev–Trinajstić information content (AvgIpc) is 2.80. The maximum atomic E-state index is 12.6. The highest BCUT2D eigenvalue weighted by molar-refractivity contribution is 5.63. The average molecular weight is 257 g/mol. The fourth-order valence-electron chi connectivity index (χ4n) is 1.45. The zero-order chi connectivity index (χ0) is 13.3. The van der Waals surface area contributed by atoms with E-state index < -0.39 is 22.4 Å². The van der Waals surface area contributed by atoms with E-state index in [1.807, 2.05) is 0 Å². The summed E-state index contributed by atoms with van der Waals surface area (Å²) < 4.78 is 37.8. The number of hydrogen-bond donors (Lipinski definition) is 1. The molecule has 1 N–H and O–H groups in total. The summed E-state index contributed by atoms with van der Waals surface area (Å²) in [6, 6.07) is 2.39. The van der Waals surface area contributed by atoms with Crippen LogP contribution in [0.25, 0.3) is 11.3 Å². The Balaban J connectivity index is 2.61. The summed E-state index contributed by atoms with van der Waals surface area (Å²) in [6.07, 6.45) is -2.07. The van der Waals surface area contributed by atoms with Crippen molar-refractivity contribution < 1.29 is 18.1 Å². The molecule has 1 heterocycles. The van der Waals surface area contributed by atoms with Gasteiger partial charge in [0.1, 0.15) is 0 Å². The largest absolute Gasteiger partial charge is 0.416 e. The van der Waals surface area contributed by atoms with Crippen LogP contribution < -0.4 is 0 Å². The van der Waals surface area contributed by atoms with Crippen LogP contribution in [0.1, 0.15) is 5.56 Å². The number of H-pyrrole nitrogens is 1. The molecule has 94 valence electrons. The predicted octanol–water partition coefficient (Wildman–Crippen LogP) is 3.00. The minimum atomic E-state index is -4.64. The van der Waals surface area contributed by atoms with E-state index in [1.54, 1.807) is 0 Å². The highest BCUT2D eigenvalue weighted by atomic mass is 19.4. The van der Waals surface area contributed by atoms with Gasteiger partial charge in [-0.25, -0.2) is 4.98 Å². The molecule has 0 atom stereocenters. The Bertz CT molecular complexity index is 579. The molecule has 0 radical (unpaired) electrons. The molecule has 0 unspecified atom stereocenters. The molecule has 0 saturated carbocycles. The van der Waals surface area contributed by atoms with Gasteiger partial charge in [0.25, 0.3) is 5.69 Å². The predicted molar refractivity (Wildman–Crippen MR) is 55.7 cm³/mol. The number of aromatic amines is 1. The Hall–Kier alpha value is -2.38.